The minimum Gasteiger partial charge on any atom is -0.480 e. The monoisotopic (exact) mass is 235 g/mol. The summed E-state index contributed by atoms with van der Waals surface area (Å²) in [5, 5.41) is 18.4. The van der Waals surface area contributed by atoms with Gasteiger partial charge in [0.2, 0.25) is 0 Å². The van der Waals surface area contributed by atoms with Crippen LogP contribution in [0, 0.1) is 0 Å². The predicted molar refractivity (Wildman–Crippen MR) is 62.9 cm³/mol. The highest BCUT2D eigenvalue weighted by Crippen LogP contribution is 2.23. The van der Waals surface area contributed by atoms with E-state index in [0.717, 1.165) is 11.1 Å². The molecule has 0 aliphatic carbocycles. The van der Waals surface area contributed by atoms with E-state index in [1.54, 1.807) is 6.07 Å². The lowest BCUT2D eigenvalue weighted by Gasteiger charge is -2.08. The minimum absolute atomic E-state index is 0.137. The summed E-state index contributed by atoms with van der Waals surface area (Å²) in [4.78, 5) is 10.7. The van der Waals surface area contributed by atoms with Gasteiger partial charge in [-0.1, -0.05) is 18.2 Å². The predicted octanol–water partition coefficient (Wildman–Crippen LogP) is -0.580. The first kappa shape index (κ1) is 12.1. The maximum Gasteiger partial charge on any atom is 0.491 e. The van der Waals surface area contributed by atoms with Gasteiger partial charge in [-0.15, -0.1) is 0 Å². The summed E-state index contributed by atoms with van der Waals surface area (Å²) in [5.74, 6) is -1.03. The lowest BCUT2D eigenvalue weighted by Crippen LogP contribution is -2.33. The minimum atomic E-state index is -1.03. The van der Waals surface area contributed by atoms with Crippen LogP contribution in [-0.2, 0) is 15.9 Å². The smallest absolute Gasteiger partial charge is 0.480 e. The van der Waals surface area contributed by atoms with Gasteiger partial charge in [-0.3, -0.25) is 4.79 Å². The van der Waals surface area contributed by atoms with E-state index in [1.807, 2.05) is 19.1 Å². The second-order valence-electron chi connectivity index (χ2n) is 4.24. The summed E-state index contributed by atoms with van der Waals surface area (Å²) in [7, 11) is -0.930. The third-order valence-corrected chi connectivity index (χ3v) is 2.96. The molecule has 0 spiro atoms. The standard InChI is InChI=1S/C11H14BNO4/c1-6-8-3-2-7(5-10(13)11(14)15)4-9(8)12(16)17-6/h2-4,6,10,16H,5,13H2,1H3,(H,14,15)/t6?,10-/m0/s1. The molecular formula is C11H14BNO4. The number of carboxylic acids is 1. The Hall–Kier alpha value is -1.37. The Kier molecular flexibility index (Phi) is 3.19. The molecule has 4 N–H and O–H groups in total. The lowest BCUT2D eigenvalue weighted by atomic mass is 9.78. The van der Waals surface area contributed by atoms with Crippen LogP contribution in [0.2, 0.25) is 0 Å². The summed E-state index contributed by atoms with van der Waals surface area (Å²) < 4.78 is 5.25. The zero-order chi connectivity index (χ0) is 12.6. The quantitative estimate of drug-likeness (QED) is 0.609. The van der Waals surface area contributed by atoms with Crippen molar-refractivity contribution in [2.75, 3.05) is 0 Å². The Morgan fingerprint density at radius 1 is 1.65 bits per heavy atom. The van der Waals surface area contributed by atoms with Crippen molar-refractivity contribution in [1.29, 1.82) is 0 Å². The van der Waals surface area contributed by atoms with Gasteiger partial charge in [0.05, 0.1) is 6.10 Å². The van der Waals surface area contributed by atoms with E-state index in [9.17, 15) is 9.82 Å². The van der Waals surface area contributed by atoms with Gasteiger partial charge < -0.3 is 20.5 Å². The molecule has 1 unspecified atom stereocenters. The van der Waals surface area contributed by atoms with Crippen molar-refractivity contribution in [2.24, 2.45) is 5.73 Å². The Morgan fingerprint density at radius 3 is 3.00 bits per heavy atom. The molecule has 0 saturated carbocycles. The highest BCUT2D eigenvalue weighted by molar-refractivity contribution is 6.61. The highest BCUT2D eigenvalue weighted by Gasteiger charge is 2.32. The van der Waals surface area contributed by atoms with Crippen LogP contribution in [0.3, 0.4) is 0 Å². The summed E-state index contributed by atoms with van der Waals surface area (Å²) >= 11 is 0. The summed E-state index contributed by atoms with van der Waals surface area (Å²) in [6.45, 7) is 1.86. The number of carbonyl (C=O) groups is 1. The number of rotatable bonds is 3. The number of nitrogens with two attached hydrogens (primary N) is 1. The number of carboxylic acid groups (broad SMARTS) is 1. The Labute approximate surface area is 99.3 Å². The SMILES string of the molecule is CC1OB(O)c2cc(C[C@H](N)C(=O)O)ccc21. The molecule has 2 atom stereocenters. The van der Waals surface area contributed by atoms with Gasteiger partial charge in [-0.05, 0) is 29.9 Å². The highest BCUT2D eigenvalue weighted by atomic mass is 16.5. The molecule has 1 aliphatic rings. The maximum atomic E-state index is 10.7. The number of aliphatic carboxylic acids is 1. The summed E-state index contributed by atoms with van der Waals surface area (Å²) in [6, 6.07) is 4.50. The van der Waals surface area contributed by atoms with Gasteiger partial charge in [0.25, 0.3) is 0 Å². The fourth-order valence-electron chi connectivity index (χ4n) is 2.02. The zero-order valence-corrected chi connectivity index (χ0v) is 9.46. The van der Waals surface area contributed by atoms with Crippen molar-refractivity contribution in [3.8, 4) is 0 Å². The zero-order valence-electron chi connectivity index (χ0n) is 9.46. The Balaban J connectivity index is 2.23. The van der Waals surface area contributed by atoms with E-state index in [0.29, 0.717) is 5.46 Å². The number of hydrogen-bond acceptors (Lipinski definition) is 4. The van der Waals surface area contributed by atoms with Gasteiger partial charge in [0.15, 0.2) is 0 Å². The number of hydrogen-bond donors (Lipinski definition) is 3. The first-order chi connectivity index (χ1) is 7.99. The molecule has 0 radical (unpaired) electrons. The van der Waals surface area contributed by atoms with E-state index >= 15 is 0 Å². The molecule has 90 valence electrons. The molecule has 1 aliphatic heterocycles. The van der Waals surface area contributed by atoms with Gasteiger partial charge in [-0.25, -0.2) is 0 Å². The number of benzene rings is 1. The van der Waals surface area contributed by atoms with E-state index in [-0.39, 0.29) is 12.5 Å². The fraction of sp³-hybridized carbons (Fsp3) is 0.364. The molecule has 0 bridgehead atoms. The van der Waals surface area contributed by atoms with Crippen molar-refractivity contribution >= 4 is 18.6 Å². The normalized spacial score (nSPS) is 20.2. The van der Waals surface area contributed by atoms with Crippen LogP contribution < -0.4 is 11.2 Å². The topological polar surface area (TPSA) is 92.8 Å². The fourth-order valence-corrected chi connectivity index (χ4v) is 2.02. The Bertz CT molecular complexity index is 451. The van der Waals surface area contributed by atoms with Gasteiger partial charge in [0.1, 0.15) is 6.04 Å². The molecule has 5 nitrogen and oxygen atoms in total. The van der Waals surface area contributed by atoms with E-state index in [1.165, 1.54) is 0 Å². The van der Waals surface area contributed by atoms with Crippen LogP contribution in [-0.4, -0.2) is 29.3 Å². The van der Waals surface area contributed by atoms with Crippen LogP contribution in [0.4, 0.5) is 0 Å². The van der Waals surface area contributed by atoms with E-state index in [4.69, 9.17) is 15.5 Å². The second-order valence-corrected chi connectivity index (χ2v) is 4.24. The van der Waals surface area contributed by atoms with Crippen molar-refractivity contribution in [3.63, 3.8) is 0 Å². The molecule has 1 heterocycles. The molecule has 0 amide bonds. The van der Waals surface area contributed by atoms with E-state index < -0.39 is 19.1 Å². The molecule has 0 saturated heterocycles. The van der Waals surface area contributed by atoms with Crippen LogP contribution in [0.15, 0.2) is 18.2 Å². The molecule has 0 fully saturated rings. The number of fused-ring (bicyclic) bond motifs is 1. The van der Waals surface area contributed by atoms with Gasteiger partial charge in [0, 0.05) is 0 Å². The molecule has 0 aromatic heterocycles. The van der Waals surface area contributed by atoms with Crippen LogP contribution >= 0.6 is 0 Å². The van der Waals surface area contributed by atoms with Crippen molar-refractivity contribution in [2.45, 2.75) is 25.5 Å². The molecular weight excluding hydrogens is 221 g/mol. The summed E-state index contributed by atoms with van der Waals surface area (Å²) in [5.41, 5.74) is 7.89. The van der Waals surface area contributed by atoms with Crippen LogP contribution in [0.1, 0.15) is 24.2 Å². The molecule has 1 aromatic carbocycles. The average Bonchev–Trinajstić information content (AvgIpc) is 2.54. The lowest BCUT2D eigenvalue weighted by molar-refractivity contribution is -0.138. The molecule has 17 heavy (non-hydrogen) atoms. The Morgan fingerprint density at radius 2 is 2.35 bits per heavy atom. The second kappa shape index (κ2) is 4.48. The average molecular weight is 235 g/mol. The van der Waals surface area contributed by atoms with Gasteiger partial charge in [-0.2, -0.15) is 0 Å². The summed E-state index contributed by atoms with van der Waals surface area (Å²) in [6.07, 6.45) is 0.103. The third kappa shape index (κ3) is 2.33. The van der Waals surface area contributed by atoms with Crippen molar-refractivity contribution in [1.82, 2.24) is 0 Å². The van der Waals surface area contributed by atoms with Gasteiger partial charge >= 0.3 is 13.1 Å². The van der Waals surface area contributed by atoms with Crippen molar-refractivity contribution in [3.05, 3.63) is 29.3 Å². The van der Waals surface area contributed by atoms with Crippen LogP contribution in [0.25, 0.3) is 0 Å². The maximum absolute atomic E-state index is 10.7. The van der Waals surface area contributed by atoms with Crippen LogP contribution in [0.5, 0.6) is 0 Å². The largest absolute Gasteiger partial charge is 0.491 e. The van der Waals surface area contributed by atoms with E-state index in [2.05, 4.69) is 0 Å². The first-order valence-corrected chi connectivity index (χ1v) is 5.43. The first-order valence-electron chi connectivity index (χ1n) is 5.43. The molecule has 2 rings (SSSR count). The molecule has 6 heteroatoms. The third-order valence-electron chi connectivity index (χ3n) is 2.96. The molecule has 1 aromatic rings. The van der Waals surface area contributed by atoms with Crippen molar-refractivity contribution < 1.29 is 19.6 Å².